The summed E-state index contributed by atoms with van der Waals surface area (Å²) in [6.45, 7) is 0.0931. The molecule has 8 aromatic rings. The minimum Gasteiger partial charge on any atom is -0.313 e. The average Bonchev–Trinajstić information content (AvgIpc) is 3.56. The Balaban J connectivity index is 1.22. The van der Waals surface area contributed by atoms with Gasteiger partial charge in [-0.1, -0.05) is 137 Å². The smallest absolute Gasteiger partial charge is 0.244 e. The number of aromatic nitrogens is 4. The zero-order chi connectivity index (χ0) is 34.2. The van der Waals surface area contributed by atoms with Crippen molar-refractivity contribution in [3.05, 3.63) is 163 Å². The van der Waals surface area contributed by atoms with Crippen molar-refractivity contribution in [2.75, 3.05) is 0 Å². The molecule has 7 heteroatoms. The van der Waals surface area contributed by atoms with Crippen LogP contribution in [0.5, 0.6) is 0 Å². The van der Waals surface area contributed by atoms with Crippen molar-refractivity contribution in [1.82, 2.24) is 19.5 Å². The van der Waals surface area contributed by atoms with E-state index in [1.165, 1.54) is 87.6 Å². The lowest BCUT2D eigenvalue weighted by Crippen LogP contribution is -2.87. The molecule has 0 unspecified atom stereocenters. The summed E-state index contributed by atoms with van der Waals surface area (Å²) in [6, 6.07) is 53.0. The Morgan fingerprint density at radius 3 is 2.17 bits per heavy atom. The van der Waals surface area contributed by atoms with Gasteiger partial charge in [0.2, 0.25) is 6.71 Å². The Labute approximate surface area is 308 Å². The van der Waals surface area contributed by atoms with Gasteiger partial charge in [-0.3, -0.25) is 0 Å². The number of benzene rings is 6. The highest BCUT2D eigenvalue weighted by atomic mass is 32.2. The summed E-state index contributed by atoms with van der Waals surface area (Å²) in [5.74, 6) is 0.701. The third-order valence-corrected chi connectivity index (χ3v) is 17.7. The predicted molar refractivity (Wildman–Crippen MR) is 218 cm³/mol. The van der Waals surface area contributed by atoms with Crippen LogP contribution in [0.4, 0.5) is 0 Å². The van der Waals surface area contributed by atoms with Gasteiger partial charge in [-0.25, -0.2) is 15.0 Å². The number of aryl methyl sites for hydroxylation is 1. The van der Waals surface area contributed by atoms with Gasteiger partial charge < -0.3 is 4.57 Å². The lowest BCUT2D eigenvalue weighted by atomic mass is 9.36. The average molecular weight is 701 g/mol. The molecule has 0 bridgehead atoms. The van der Waals surface area contributed by atoms with Crippen molar-refractivity contribution in [2.45, 2.75) is 35.5 Å². The van der Waals surface area contributed by atoms with Crippen molar-refractivity contribution in [2.24, 2.45) is 0 Å². The Kier molecular flexibility index (Phi) is 6.83. The van der Waals surface area contributed by atoms with E-state index in [4.69, 9.17) is 0 Å². The van der Waals surface area contributed by atoms with E-state index in [9.17, 15) is 0 Å². The fraction of sp³-hybridized carbons (Fsp3) is 0.0889. The molecule has 4 nitrogen and oxygen atoms in total. The van der Waals surface area contributed by atoms with Crippen LogP contribution in [0.3, 0.4) is 0 Å². The van der Waals surface area contributed by atoms with Crippen LogP contribution in [0.15, 0.2) is 162 Å². The van der Waals surface area contributed by atoms with Crippen molar-refractivity contribution in [3.8, 4) is 17.1 Å². The molecule has 52 heavy (non-hydrogen) atoms. The van der Waals surface area contributed by atoms with Gasteiger partial charge in [0.25, 0.3) is 0 Å². The maximum atomic E-state index is 4.62. The summed E-state index contributed by atoms with van der Waals surface area (Å²) in [5.41, 5.74) is 10.9. The fourth-order valence-corrected chi connectivity index (χ4v) is 16.2. The monoisotopic (exact) mass is 700 g/mol. The molecule has 2 aliphatic heterocycles. The number of fused-ring (bicyclic) bond motifs is 7. The SMILES string of the molecule is c1ccc([Si]2(c3ccccc3)c3cc(-c4ncncn4)ccc3B3c4cc(-n5c6c(c7ccccc75)CCCC6)ccc4Sc4cccc2c43)cc1. The molecule has 0 saturated carbocycles. The molecule has 0 atom stereocenters. The van der Waals surface area contributed by atoms with Gasteiger partial charge in [-0.2, -0.15) is 0 Å². The van der Waals surface area contributed by atoms with Crippen LogP contribution < -0.4 is 37.1 Å². The van der Waals surface area contributed by atoms with Crippen LogP contribution in [-0.4, -0.2) is 34.3 Å². The maximum Gasteiger partial charge on any atom is 0.244 e. The standard InChI is InChI=1S/C45H33BN4SSi/c1-3-12-32(13-4-1)52(33-14-5-2-6-15-33)42-21-11-20-41-44(42)46(36-24-22-30(26-43(36)52)45-48-28-47-29-49-45)37-27-31(23-25-40(37)51-41)50-38-18-9-7-16-34(38)35-17-8-10-19-39(35)50/h1-7,9,11-16,18,20-29H,8,10,17,19H2. The fourth-order valence-electron chi connectivity index (χ4n) is 9.61. The lowest BCUT2D eigenvalue weighted by molar-refractivity contribution is 0.667. The van der Waals surface area contributed by atoms with Crippen LogP contribution in [-0.2, 0) is 12.8 Å². The summed E-state index contributed by atoms with van der Waals surface area (Å²) in [7, 11) is -2.83. The first-order valence-electron chi connectivity index (χ1n) is 18.3. The molecule has 3 aliphatic rings. The number of nitrogens with zero attached hydrogens (tertiary/aromatic N) is 4. The molecular weight excluding hydrogens is 667 g/mol. The Hall–Kier alpha value is -5.50. The topological polar surface area (TPSA) is 43.6 Å². The second-order valence-corrected chi connectivity index (χ2v) is 19.0. The Bertz CT molecular complexity index is 2640. The minimum atomic E-state index is -2.83. The molecular formula is C45H33BN4SSi. The number of para-hydroxylation sites is 1. The minimum absolute atomic E-state index is 0.0931. The van der Waals surface area contributed by atoms with Crippen molar-refractivity contribution in [3.63, 3.8) is 0 Å². The van der Waals surface area contributed by atoms with Gasteiger partial charge in [0.15, 0.2) is 13.9 Å². The van der Waals surface area contributed by atoms with Gasteiger partial charge >= 0.3 is 0 Å². The highest BCUT2D eigenvalue weighted by molar-refractivity contribution is 8.00. The van der Waals surface area contributed by atoms with Crippen molar-refractivity contribution >= 4 is 74.6 Å². The summed E-state index contributed by atoms with van der Waals surface area (Å²) in [5, 5.41) is 7.06. The number of hydrogen-bond acceptors (Lipinski definition) is 4. The van der Waals surface area contributed by atoms with E-state index < -0.39 is 8.07 Å². The van der Waals surface area contributed by atoms with Gasteiger partial charge in [-0.05, 0) is 82.3 Å². The molecule has 4 heterocycles. The van der Waals surface area contributed by atoms with Crippen LogP contribution in [0, 0.1) is 0 Å². The molecule has 11 rings (SSSR count). The normalized spacial score (nSPS) is 15.0. The third kappa shape index (κ3) is 4.27. The number of rotatable bonds is 4. The van der Waals surface area contributed by atoms with Crippen molar-refractivity contribution in [1.29, 1.82) is 0 Å². The molecule has 0 N–H and O–H groups in total. The van der Waals surface area contributed by atoms with Crippen LogP contribution >= 0.6 is 11.8 Å². The number of hydrogen-bond donors (Lipinski definition) is 0. The summed E-state index contributed by atoms with van der Waals surface area (Å²) in [4.78, 5) is 16.1. The van der Waals surface area contributed by atoms with Crippen LogP contribution in [0.25, 0.3) is 28.0 Å². The summed E-state index contributed by atoms with van der Waals surface area (Å²) >= 11 is 1.94. The van der Waals surface area contributed by atoms with E-state index in [2.05, 4.69) is 159 Å². The lowest BCUT2D eigenvalue weighted by Gasteiger charge is -2.45. The molecule has 246 valence electrons. The summed E-state index contributed by atoms with van der Waals surface area (Å²) in [6.07, 6.45) is 7.99. The molecule has 1 aliphatic carbocycles. The van der Waals surface area contributed by atoms with Gasteiger partial charge in [0, 0.05) is 32.1 Å². The quantitative estimate of drug-likeness (QED) is 0.242. The first-order valence-corrected chi connectivity index (χ1v) is 21.1. The molecule has 6 aromatic carbocycles. The first kappa shape index (κ1) is 30.2. The van der Waals surface area contributed by atoms with Gasteiger partial charge in [-0.15, -0.1) is 0 Å². The van der Waals surface area contributed by atoms with Gasteiger partial charge in [0.05, 0.1) is 5.52 Å². The Morgan fingerprint density at radius 1 is 0.615 bits per heavy atom. The maximum absolute atomic E-state index is 4.62. The molecule has 0 spiro atoms. The summed E-state index contributed by atoms with van der Waals surface area (Å²) < 4.78 is 2.58. The third-order valence-electron chi connectivity index (χ3n) is 11.7. The van der Waals surface area contributed by atoms with Crippen LogP contribution in [0.1, 0.15) is 24.1 Å². The van der Waals surface area contributed by atoms with E-state index in [0.717, 1.165) is 18.4 Å². The highest BCUT2D eigenvalue weighted by Crippen LogP contribution is 2.37. The zero-order valence-electron chi connectivity index (χ0n) is 28.5. The van der Waals surface area contributed by atoms with E-state index in [0.29, 0.717) is 5.82 Å². The second kappa shape index (κ2) is 11.8. The molecule has 0 fully saturated rings. The molecule has 0 saturated heterocycles. The zero-order valence-corrected chi connectivity index (χ0v) is 30.4. The van der Waals surface area contributed by atoms with E-state index in [1.807, 2.05) is 11.8 Å². The second-order valence-electron chi connectivity index (χ2n) is 14.2. The predicted octanol–water partition coefficient (Wildman–Crippen LogP) is 5.03. The first-order chi connectivity index (χ1) is 25.8. The highest BCUT2D eigenvalue weighted by Gasteiger charge is 2.52. The van der Waals surface area contributed by atoms with Crippen LogP contribution in [0.2, 0.25) is 0 Å². The molecule has 0 radical (unpaired) electrons. The largest absolute Gasteiger partial charge is 0.313 e. The van der Waals surface area contributed by atoms with Gasteiger partial charge in [0.1, 0.15) is 12.7 Å². The van der Waals surface area contributed by atoms with Crippen molar-refractivity contribution < 1.29 is 0 Å². The van der Waals surface area contributed by atoms with E-state index >= 15 is 0 Å². The molecule has 2 aromatic heterocycles. The van der Waals surface area contributed by atoms with E-state index in [1.54, 1.807) is 12.7 Å². The van der Waals surface area contributed by atoms with E-state index in [-0.39, 0.29) is 6.71 Å². The molecule has 0 amide bonds. The Morgan fingerprint density at radius 2 is 1.37 bits per heavy atom.